The van der Waals surface area contributed by atoms with E-state index >= 15 is 0 Å². The van der Waals surface area contributed by atoms with Gasteiger partial charge in [-0.25, -0.2) is 0 Å². The van der Waals surface area contributed by atoms with E-state index in [-0.39, 0.29) is 5.97 Å². The second-order valence-corrected chi connectivity index (χ2v) is 5.22. The Kier molecular flexibility index (Phi) is 4.64. The first-order valence-electron chi connectivity index (χ1n) is 6.22. The maximum absolute atomic E-state index is 11.2. The van der Waals surface area contributed by atoms with Crippen LogP contribution in [-0.2, 0) is 4.79 Å². The lowest BCUT2D eigenvalue weighted by Gasteiger charge is -2.18. The average molecular weight is 313 g/mol. The molecule has 98 valence electrons. The van der Waals surface area contributed by atoms with Gasteiger partial charge in [0, 0.05) is 17.8 Å². The summed E-state index contributed by atoms with van der Waals surface area (Å²) in [6, 6.07) is 5.67. The highest BCUT2D eigenvalue weighted by Gasteiger charge is 2.24. The molecular formula is C14H17BrO3. The molecule has 1 heterocycles. The molecule has 0 fully saturated rings. The first-order valence-corrected chi connectivity index (χ1v) is 7.34. The largest absolute Gasteiger partial charge is 0.493 e. The first kappa shape index (κ1) is 13.4. The fraction of sp³-hybridized carbons (Fsp3) is 0.500. The van der Waals surface area contributed by atoms with Crippen molar-refractivity contribution in [2.24, 2.45) is 0 Å². The van der Waals surface area contributed by atoms with Crippen LogP contribution in [0.1, 0.15) is 37.7 Å². The Labute approximate surface area is 116 Å². The number of esters is 1. The number of fused-ring (bicyclic) bond motifs is 1. The zero-order chi connectivity index (χ0) is 13.0. The summed E-state index contributed by atoms with van der Waals surface area (Å²) in [7, 11) is 0. The number of rotatable bonds is 3. The normalized spacial score (nSPS) is 18.4. The van der Waals surface area contributed by atoms with E-state index in [9.17, 15) is 4.79 Å². The molecule has 0 saturated heterocycles. The van der Waals surface area contributed by atoms with Gasteiger partial charge in [-0.3, -0.25) is 4.79 Å². The van der Waals surface area contributed by atoms with Crippen LogP contribution in [0, 0.1) is 0 Å². The number of alkyl halides is 1. The lowest BCUT2D eigenvalue weighted by atomic mass is 9.91. The molecule has 1 aliphatic heterocycles. The molecule has 0 aromatic heterocycles. The molecular weight excluding hydrogens is 296 g/mol. The van der Waals surface area contributed by atoms with Gasteiger partial charge in [0.15, 0.2) is 0 Å². The van der Waals surface area contributed by atoms with Crippen LogP contribution in [0.4, 0.5) is 0 Å². The highest BCUT2D eigenvalue weighted by atomic mass is 79.9. The molecule has 3 nitrogen and oxygen atoms in total. The van der Waals surface area contributed by atoms with Gasteiger partial charge < -0.3 is 9.47 Å². The zero-order valence-corrected chi connectivity index (χ0v) is 12.0. The highest BCUT2D eigenvalue weighted by molar-refractivity contribution is 9.09. The maximum atomic E-state index is 11.2. The van der Waals surface area contributed by atoms with Gasteiger partial charge >= 0.3 is 5.97 Å². The summed E-state index contributed by atoms with van der Waals surface area (Å²) in [5, 5.41) is 0.936. The lowest BCUT2D eigenvalue weighted by molar-refractivity contribution is -0.131. The number of halogens is 1. The molecule has 0 radical (unpaired) electrons. The number of benzene rings is 1. The van der Waals surface area contributed by atoms with Crippen LogP contribution in [-0.4, -0.2) is 17.9 Å². The Hall–Kier alpha value is -1.03. The fourth-order valence-electron chi connectivity index (χ4n) is 2.37. The van der Waals surface area contributed by atoms with Crippen molar-refractivity contribution >= 4 is 21.9 Å². The van der Waals surface area contributed by atoms with E-state index in [4.69, 9.17) is 9.47 Å². The molecule has 1 aliphatic rings. The van der Waals surface area contributed by atoms with Crippen molar-refractivity contribution in [3.8, 4) is 11.5 Å². The van der Waals surface area contributed by atoms with E-state index in [0.717, 1.165) is 42.5 Å². The first-order chi connectivity index (χ1) is 8.72. The summed E-state index contributed by atoms with van der Waals surface area (Å²) in [6.45, 7) is 2.16. The minimum atomic E-state index is -0.287. The molecule has 1 unspecified atom stereocenters. The van der Waals surface area contributed by atoms with Crippen LogP contribution in [0.3, 0.4) is 0 Å². The molecule has 1 atom stereocenters. The molecule has 1 aromatic carbocycles. The van der Waals surface area contributed by atoms with Crippen molar-refractivity contribution in [2.45, 2.75) is 32.1 Å². The molecule has 18 heavy (non-hydrogen) atoms. The Morgan fingerprint density at radius 3 is 3.11 bits per heavy atom. The predicted octanol–water partition coefficient (Wildman–Crippen LogP) is 3.65. The summed E-state index contributed by atoms with van der Waals surface area (Å²) >= 11 is 3.49. The van der Waals surface area contributed by atoms with Crippen LogP contribution in [0.15, 0.2) is 18.2 Å². The monoisotopic (exact) mass is 312 g/mol. The highest BCUT2D eigenvalue weighted by Crippen LogP contribution is 2.41. The molecule has 1 aromatic rings. The number of hydrogen-bond acceptors (Lipinski definition) is 3. The van der Waals surface area contributed by atoms with E-state index in [1.807, 2.05) is 18.2 Å². The van der Waals surface area contributed by atoms with Crippen molar-refractivity contribution in [1.82, 2.24) is 0 Å². The van der Waals surface area contributed by atoms with Gasteiger partial charge in [-0.05, 0) is 37.3 Å². The van der Waals surface area contributed by atoms with Gasteiger partial charge in [-0.15, -0.1) is 0 Å². The van der Waals surface area contributed by atoms with Crippen LogP contribution < -0.4 is 9.47 Å². The van der Waals surface area contributed by atoms with Gasteiger partial charge in [-0.1, -0.05) is 22.0 Å². The van der Waals surface area contributed by atoms with Crippen LogP contribution in [0.25, 0.3) is 0 Å². The molecule has 0 bridgehead atoms. The predicted molar refractivity (Wildman–Crippen MR) is 73.6 cm³/mol. The maximum Gasteiger partial charge on any atom is 0.308 e. The van der Waals surface area contributed by atoms with Crippen LogP contribution in [0.5, 0.6) is 11.5 Å². The second-order valence-electron chi connectivity index (χ2n) is 4.43. The number of carbonyl (C=O) groups excluding carboxylic acids is 1. The van der Waals surface area contributed by atoms with Crippen LogP contribution >= 0.6 is 15.9 Å². The smallest absolute Gasteiger partial charge is 0.308 e. The minimum Gasteiger partial charge on any atom is -0.493 e. The molecule has 0 aliphatic carbocycles. The minimum absolute atomic E-state index is 0.287. The van der Waals surface area contributed by atoms with Crippen molar-refractivity contribution in [2.75, 3.05) is 11.9 Å². The summed E-state index contributed by atoms with van der Waals surface area (Å²) < 4.78 is 11.1. The Bertz CT molecular complexity index is 431. The Balaban J connectivity index is 2.40. The van der Waals surface area contributed by atoms with Gasteiger partial charge in [0.2, 0.25) is 0 Å². The van der Waals surface area contributed by atoms with Gasteiger partial charge in [0.1, 0.15) is 11.5 Å². The van der Waals surface area contributed by atoms with Crippen molar-refractivity contribution < 1.29 is 14.3 Å². The van der Waals surface area contributed by atoms with Gasteiger partial charge in [0.05, 0.1) is 6.61 Å². The van der Waals surface area contributed by atoms with Crippen molar-refractivity contribution in [1.29, 1.82) is 0 Å². The van der Waals surface area contributed by atoms with E-state index in [1.54, 1.807) is 0 Å². The quantitative estimate of drug-likeness (QED) is 0.485. The molecule has 4 heteroatoms. The van der Waals surface area contributed by atoms with E-state index < -0.39 is 0 Å². The summed E-state index contributed by atoms with van der Waals surface area (Å²) in [6.07, 6.45) is 3.12. The van der Waals surface area contributed by atoms with Crippen molar-refractivity contribution in [3.63, 3.8) is 0 Å². The molecule has 2 rings (SSSR count). The third-order valence-electron chi connectivity index (χ3n) is 3.10. The molecule has 0 spiro atoms. The topological polar surface area (TPSA) is 35.5 Å². The number of carbonyl (C=O) groups is 1. The van der Waals surface area contributed by atoms with Gasteiger partial charge in [0.25, 0.3) is 0 Å². The second kappa shape index (κ2) is 6.23. The van der Waals surface area contributed by atoms with E-state index in [0.29, 0.717) is 11.7 Å². The molecule has 0 saturated carbocycles. The average Bonchev–Trinajstić information content (AvgIpc) is 2.52. The van der Waals surface area contributed by atoms with E-state index in [2.05, 4.69) is 15.9 Å². The Morgan fingerprint density at radius 1 is 1.56 bits per heavy atom. The van der Waals surface area contributed by atoms with E-state index in [1.165, 1.54) is 6.92 Å². The number of ether oxygens (including phenoxy) is 2. The van der Waals surface area contributed by atoms with Gasteiger partial charge in [-0.2, -0.15) is 0 Å². The lowest BCUT2D eigenvalue weighted by Crippen LogP contribution is -2.07. The molecule has 0 amide bonds. The standard InChI is InChI=1S/C14H17BrO3/c1-10(16)18-13-6-2-5-12-14(13)11(7-8-15)4-3-9-17-12/h2,5-6,11H,3-4,7-9H2,1H3. The van der Waals surface area contributed by atoms with Crippen molar-refractivity contribution in [3.05, 3.63) is 23.8 Å². The SMILES string of the molecule is CC(=O)Oc1cccc2c1C(CCBr)CCCO2. The Morgan fingerprint density at radius 2 is 2.39 bits per heavy atom. The third-order valence-corrected chi connectivity index (χ3v) is 3.56. The summed E-state index contributed by atoms with van der Waals surface area (Å²) in [5.41, 5.74) is 1.05. The summed E-state index contributed by atoms with van der Waals surface area (Å²) in [5.74, 6) is 1.60. The number of hydrogen-bond donors (Lipinski definition) is 0. The molecule has 0 N–H and O–H groups in total. The van der Waals surface area contributed by atoms with Crippen LogP contribution in [0.2, 0.25) is 0 Å². The fourth-order valence-corrected chi connectivity index (χ4v) is 2.93. The summed E-state index contributed by atoms with van der Waals surface area (Å²) in [4.78, 5) is 11.2. The third kappa shape index (κ3) is 3.05. The zero-order valence-electron chi connectivity index (χ0n) is 10.4.